The van der Waals surface area contributed by atoms with Crippen molar-refractivity contribution in [2.45, 2.75) is 0 Å². The Morgan fingerprint density at radius 1 is 1.25 bits per heavy atom. The largest absolute Gasteiger partial charge is 0.493 e. The number of nitrogens with zero attached hydrogens (tertiary/aromatic N) is 1. The standard InChI is InChI=1S/C20H16BrClN2O4/c1-3-7-28-18-11-15(21)12(9-17(18)27-2)8-16-19(25)24(20(26)23-16)14-6-4-5-13(22)10-14/h3-6,8-11H,1,7H2,2H3,(H,23,26)/b16-8-. The number of amides is 3. The summed E-state index contributed by atoms with van der Waals surface area (Å²) in [6.07, 6.45) is 3.19. The minimum atomic E-state index is -0.549. The van der Waals surface area contributed by atoms with Crippen molar-refractivity contribution in [3.05, 3.63) is 69.8 Å². The minimum absolute atomic E-state index is 0.132. The van der Waals surface area contributed by atoms with Gasteiger partial charge in [-0.05, 0) is 42.0 Å². The Bertz CT molecular complexity index is 990. The van der Waals surface area contributed by atoms with Crippen molar-refractivity contribution in [3.63, 3.8) is 0 Å². The van der Waals surface area contributed by atoms with Crippen LogP contribution in [0.15, 0.2) is 59.2 Å². The van der Waals surface area contributed by atoms with Crippen LogP contribution in [0.4, 0.5) is 10.5 Å². The maximum Gasteiger partial charge on any atom is 0.333 e. The summed E-state index contributed by atoms with van der Waals surface area (Å²) in [5.74, 6) is 0.532. The average Bonchev–Trinajstić information content (AvgIpc) is 2.95. The molecule has 1 saturated heterocycles. The van der Waals surface area contributed by atoms with Crippen LogP contribution in [0.25, 0.3) is 6.08 Å². The number of anilines is 1. The number of imide groups is 1. The molecule has 144 valence electrons. The van der Waals surface area contributed by atoms with Crippen LogP contribution < -0.4 is 19.7 Å². The maximum atomic E-state index is 12.8. The maximum absolute atomic E-state index is 12.8. The van der Waals surface area contributed by atoms with E-state index in [4.69, 9.17) is 21.1 Å². The molecule has 2 aromatic rings. The lowest BCUT2D eigenvalue weighted by molar-refractivity contribution is -0.113. The quantitative estimate of drug-likeness (QED) is 0.380. The summed E-state index contributed by atoms with van der Waals surface area (Å²) >= 11 is 9.42. The monoisotopic (exact) mass is 462 g/mol. The van der Waals surface area contributed by atoms with E-state index in [1.165, 1.54) is 7.11 Å². The van der Waals surface area contributed by atoms with Gasteiger partial charge in [-0.2, -0.15) is 0 Å². The number of nitrogens with one attached hydrogen (secondary N) is 1. The smallest absolute Gasteiger partial charge is 0.333 e. The molecule has 1 fully saturated rings. The molecule has 0 radical (unpaired) electrons. The molecule has 0 unspecified atom stereocenters. The van der Waals surface area contributed by atoms with Crippen molar-refractivity contribution in [3.8, 4) is 11.5 Å². The molecule has 1 N–H and O–H groups in total. The van der Waals surface area contributed by atoms with Crippen molar-refractivity contribution in [1.82, 2.24) is 5.32 Å². The third-order valence-electron chi connectivity index (χ3n) is 3.88. The molecule has 0 aromatic heterocycles. The van der Waals surface area contributed by atoms with Gasteiger partial charge in [0.1, 0.15) is 12.3 Å². The van der Waals surface area contributed by atoms with Crippen molar-refractivity contribution in [1.29, 1.82) is 0 Å². The summed E-state index contributed by atoms with van der Waals surface area (Å²) in [4.78, 5) is 26.1. The molecule has 8 heteroatoms. The normalized spacial score (nSPS) is 15.0. The van der Waals surface area contributed by atoms with Crippen molar-refractivity contribution < 1.29 is 19.1 Å². The third kappa shape index (κ3) is 4.05. The highest BCUT2D eigenvalue weighted by molar-refractivity contribution is 9.10. The first kappa shape index (κ1) is 20.0. The van der Waals surface area contributed by atoms with Crippen LogP contribution in [0.3, 0.4) is 0 Å². The van der Waals surface area contributed by atoms with Gasteiger partial charge in [-0.25, -0.2) is 9.69 Å². The molecular weight excluding hydrogens is 448 g/mol. The number of carbonyl (C=O) groups is 2. The fourth-order valence-electron chi connectivity index (χ4n) is 2.62. The van der Waals surface area contributed by atoms with E-state index in [0.717, 1.165) is 4.90 Å². The Morgan fingerprint density at radius 2 is 2.04 bits per heavy atom. The molecule has 0 saturated carbocycles. The van der Waals surface area contributed by atoms with Gasteiger partial charge < -0.3 is 14.8 Å². The van der Waals surface area contributed by atoms with Crippen LogP contribution in [0.2, 0.25) is 5.02 Å². The summed E-state index contributed by atoms with van der Waals surface area (Å²) in [5, 5.41) is 3.01. The highest BCUT2D eigenvalue weighted by Gasteiger charge is 2.35. The topological polar surface area (TPSA) is 67.9 Å². The van der Waals surface area contributed by atoms with Gasteiger partial charge in [0.15, 0.2) is 11.5 Å². The Hall–Kier alpha value is -2.77. The molecule has 0 bridgehead atoms. The highest BCUT2D eigenvalue weighted by atomic mass is 79.9. The van der Waals surface area contributed by atoms with Crippen LogP contribution in [0.5, 0.6) is 11.5 Å². The van der Waals surface area contributed by atoms with E-state index in [9.17, 15) is 9.59 Å². The van der Waals surface area contributed by atoms with Crippen LogP contribution in [-0.2, 0) is 4.79 Å². The molecule has 3 rings (SSSR count). The lowest BCUT2D eigenvalue weighted by Crippen LogP contribution is -2.30. The number of hydrogen-bond acceptors (Lipinski definition) is 4. The van der Waals surface area contributed by atoms with Gasteiger partial charge in [0.2, 0.25) is 0 Å². The van der Waals surface area contributed by atoms with Crippen LogP contribution >= 0.6 is 27.5 Å². The SMILES string of the molecule is C=CCOc1cc(Br)c(/C=C2\NC(=O)N(c3cccc(Cl)c3)C2=O)cc1OC. The van der Waals surface area contributed by atoms with Crippen LogP contribution in [0, 0.1) is 0 Å². The summed E-state index contributed by atoms with van der Waals surface area (Å²) in [5.41, 5.74) is 1.16. The van der Waals surface area contributed by atoms with Crippen LogP contribution in [0.1, 0.15) is 5.56 Å². The second-order valence-electron chi connectivity index (χ2n) is 5.73. The van der Waals surface area contributed by atoms with Gasteiger partial charge >= 0.3 is 6.03 Å². The van der Waals surface area contributed by atoms with E-state index in [-0.39, 0.29) is 5.70 Å². The van der Waals surface area contributed by atoms with E-state index in [2.05, 4.69) is 27.8 Å². The van der Waals surface area contributed by atoms with Crippen molar-refractivity contribution in [2.24, 2.45) is 0 Å². The van der Waals surface area contributed by atoms with E-state index < -0.39 is 11.9 Å². The van der Waals surface area contributed by atoms with Gasteiger partial charge in [0.25, 0.3) is 5.91 Å². The Labute approximate surface area is 175 Å². The first-order valence-electron chi connectivity index (χ1n) is 8.18. The second-order valence-corrected chi connectivity index (χ2v) is 7.02. The van der Waals surface area contributed by atoms with Gasteiger partial charge in [0.05, 0.1) is 12.8 Å². The fourth-order valence-corrected chi connectivity index (χ4v) is 3.24. The lowest BCUT2D eigenvalue weighted by atomic mass is 10.1. The molecule has 3 amide bonds. The predicted molar refractivity (Wildman–Crippen MR) is 112 cm³/mol. The summed E-state index contributed by atoms with van der Waals surface area (Å²) in [6, 6.07) is 9.40. The first-order chi connectivity index (χ1) is 13.4. The average molecular weight is 464 g/mol. The van der Waals surface area contributed by atoms with Gasteiger partial charge in [0, 0.05) is 9.50 Å². The summed E-state index contributed by atoms with van der Waals surface area (Å²) in [7, 11) is 1.52. The fraction of sp³-hybridized carbons (Fsp3) is 0.100. The van der Waals surface area contributed by atoms with Gasteiger partial charge in [-0.15, -0.1) is 0 Å². The highest BCUT2D eigenvalue weighted by Crippen LogP contribution is 2.35. The minimum Gasteiger partial charge on any atom is -0.493 e. The predicted octanol–water partition coefficient (Wildman–Crippen LogP) is 4.77. The molecule has 0 atom stereocenters. The van der Waals surface area contributed by atoms with E-state index in [1.54, 1.807) is 48.6 Å². The number of ether oxygens (including phenoxy) is 2. The zero-order valence-corrected chi connectivity index (χ0v) is 17.2. The first-order valence-corrected chi connectivity index (χ1v) is 9.35. The number of benzene rings is 2. The molecule has 1 aliphatic rings. The van der Waals surface area contributed by atoms with Gasteiger partial charge in [-0.1, -0.05) is 46.3 Å². The van der Waals surface area contributed by atoms with E-state index in [0.29, 0.717) is 38.9 Å². The summed E-state index contributed by atoms with van der Waals surface area (Å²) in [6.45, 7) is 3.94. The molecule has 6 nitrogen and oxygen atoms in total. The lowest BCUT2D eigenvalue weighted by Gasteiger charge is -2.12. The Morgan fingerprint density at radius 3 is 2.71 bits per heavy atom. The second kappa shape index (κ2) is 8.50. The molecule has 28 heavy (non-hydrogen) atoms. The summed E-state index contributed by atoms with van der Waals surface area (Å²) < 4.78 is 11.6. The molecular formula is C20H16BrClN2O4. The molecule has 1 aliphatic heterocycles. The number of carbonyl (C=O) groups excluding carboxylic acids is 2. The molecule has 0 aliphatic carbocycles. The van der Waals surface area contributed by atoms with E-state index in [1.807, 2.05) is 0 Å². The zero-order valence-electron chi connectivity index (χ0n) is 14.9. The zero-order chi connectivity index (χ0) is 20.3. The number of urea groups is 1. The van der Waals surface area contributed by atoms with Crippen molar-refractivity contribution >= 4 is 51.2 Å². The third-order valence-corrected chi connectivity index (χ3v) is 4.81. The number of rotatable bonds is 6. The number of methoxy groups -OCH3 is 1. The van der Waals surface area contributed by atoms with E-state index >= 15 is 0 Å². The Kier molecular flexibility index (Phi) is 6.06. The van der Waals surface area contributed by atoms with Crippen molar-refractivity contribution in [2.75, 3.05) is 18.6 Å². The number of halogens is 2. The van der Waals surface area contributed by atoms with Crippen LogP contribution in [-0.4, -0.2) is 25.7 Å². The molecule has 1 heterocycles. The Balaban J connectivity index is 1.94. The van der Waals surface area contributed by atoms with Gasteiger partial charge in [-0.3, -0.25) is 4.79 Å². The molecule has 0 spiro atoms. The number of hydrogen-bond donors (Lipinski definition) is 1. The molecule has 2 aromatic carbocycles.